The zero-order chi connectivity index (χ0) is 16.8. The van der Waals surface area contributed by atoms with Gasteiger partial charge in [0.15, 0.2) is 11.5 Å². The topological polar surface area (TPSA) is 85.9 Å². The first-order chi connectivity index (χ1) is 11.0. The number of nitrogen functional groups attached to an aromatic ring is 1. The summed E-state index contributed by atoms with van der Waals surface area (Å²) >= 11 is 0. The summed E-state index contributed by atoms with van der Waals surface area (Å²) in [7, 11) is 3.14. The number of benzene rings is 2. The summed E-state index contributed by atoms with van der Waals surface area (Å²) in [5, 5.41) is 4.11. The van der Waals surface area contributed by atoms with E-state index >= 15 is 0 Å². The Hall–Kier alpha value is -3.02. The molecule has 23 heavy (non-hydrogen) atoms. The Kier molecular flexibility index (Phi) is 5.19. The van der Waals surface area contributed by atoms with Crippen molar-refractivity contribution in [2.45, 2.75) is 6.92 Å². The van der Waals surface area contributed by atoms with Crippen LogP contribution in [0.5, 0.6) is 11.5 Å². The SMILES string of the molecule is COc1ccc(/C(C)=N/NC(=O)c2ccc(N)cc2)cc1OC. The summed E-state index contributed by atoms with van der Waals surface area (Å²) in [5.41, 5.74) is 10.7. The molecule has 0 saturated carbocycles. The maximum atomic E-state index is 12.0. The van der Waals surface area contributed by atoms with Crippen molar-refractivity contribution in [2.24, 2.45) is 5.10 Å². The van der Waals surface area contributed by atoms with Crippen LogP contribution in [0.2, 0.25) is 0 Å². The number of nitrogens with two attached hydrogens (primary N) is 1. The summed E-state index contributed by atoms with van der Waals surface area (Å²) in [6, 6.07) is 12.1. The minimum absolute atomic E-state index is 0.301. The Morgan fingerprint density at radius 1 is 1.00 bits per heavy atom. The van der Waals surface area contributed by atoms with Crippen LogP contribution in [-0.4, -0.2) is 25.8 Å². The van der Waals surface area contributed by atoms with E-state index in [4.69, 9.17) is 15.2 Å². The van der Waals surface area contributed by atoms with Gasteiger partial charge in [-0.3, -0.25) is 4.79 Å². The van der Waals surface area contributed by atoms with Gasteiger partial charge in [-0.25, -0.2) is 5.43 Å². The summed E-state index contributed by atoms with van der Waals surface area (Å²) in [4.78, 5) is 12.0. The van der Waals surface area contributed by atoms with Crippen LogP contribution >= 0.6 is 0 Å². The lowest BCUT2D eigenvalue weighted by molar-refractivity contribution is 0.0955. The van der Waals surface area contributed by atoms with Crippen LogP contribution in [0.3, 0.4) is 0 Å². The summed E-state index contributed by atoms with van der Waals surface area (Å²) in [6.07, 6.45) is 0. The van der Waals surface area contributed by atoms with Gasteiger partial charge in [0, 0.05) is 16.8 Å². The van der Waals surface area contributed by atoms with Crippen molar-refractivity contribution in [3.63, 3.8) is 0 Å². The minimum atomic E-state index is -0.301. The zero-order valence-electron chi connectivity index (χ0n) is 13.3. The second-order valence-corrected chi connectivity index (χ2v) is 4.83. The number of anilines is 1. The highest BCUT2D eigenvalue weighted by Gasteiger charge is 2.08. The van der Waals surface area contributed by atoms with Crippen LogP contribution in [0.25, 0.3) is 0 Å². The monoisotopic (exact) mass is 313 g/mol. The highest BCUT2D eigenvalue weighted by Crippen LogP contribution is 2.27. The van der Waals surface area contributed by atoms with E-state index in [0.29, 0.717) is 28.5 Å². The Labute approximate surface area is 134 Å². The highest BCUT2D eigenvalue weighted by molar-refractivity contribution is 6.01. The van der Waals surface area contributed by atoms with Crippen molar-refractivity contribution in [3.8, 4) is 11.5 Å². The van der Waals surface area contributed by atoms with Crippen molar-refractivity contribution < 1.29 is 14.3 Å². The fourth-order valence-electron chi connectivity index (χ4n) is 1.96. The number of nitrogens with one attached hydrogen (secondary N) is 1. The third-order valence-electron chi connectivity index (χ3n) is 3.30. The van der Waals surface area contributed by atoms with E-state index in [-0.39, 0.29) is 5.91 Å². The number of hydrogen-bond donors (Lipinski definition) is 2. The van der Waals surface area contributed by atoms with Crippen molar-refractivity contribution in [1.82, 2.24) is 5.43 Å². The Morgan fingerprint density at radius 3 is 2.22 bits per heavy atom. The number of nitrogens with zero attached hydrogens (tertiary/aromatic N) is 1. The molecule has 2 rings (SSSR count). The molecule has 0 aliphatic carbocycles. The predicted molar refractivity (Wildman–Crippen MR) is 90.1 cm³/mol. The van der Waals surface area contributed by atoms with Crippen molar-refractivity contribution in [2.75, 3.05) is 20.0 Å². The van der Waals surface area contributed by atoms with E-state index in [2.05, 4.69) is 10.5 Å². The molecule has 1 amide bonds. The number of ether oxygens (including phenoxy) is 2. The number of amides is 1. The zero-order valence-corrected chi connectivity index (χ0v) is 13.3. The average Bonchev–Trinajstić information content (AvgIpc) is 2.59. The van der Waals surface area contributed by atoms with Gasteiger partial charge in [0.25, 0.3) is 5.91 Å². The number of carbonyl (C=O) groups is 1. The Morgan fingerprint density at radius 2 is 1.61 bits per heavy atom. The molecule has 0 radical (unpaired) electrons. The largest absolute Gasteiger partial charge is 0.493 e. The van der Waals surface area contributed by atoms with Crippen LogP contribution in [0.15, 0.2) is 47.6 Å². The molecule has 3 N–H and O–H groups in total. The molecule has 0 saturated heterocycles. The normalized spacial score (nSPS) is 11.0. The molecule has 0 fully saturated rings. The molecular weight excluding hydrogens is 294 g/mol. The van der Waals surface area contributed by atoms with Gasteiger partial charge in [-0.2, -0.15) is 5.10 Å². The fourth-order valence-corrected chi connectivity index (χ4v) is 1.96. The molecule has 0 aliphatic heterocycles. The molecule has 0 spiro atoms. The van der Waals surface area contributed by atoms with Crippen molar-refractivity contribution in [3.05, 3.63) is 53.6 Å². The van der Waals surface area contributed by atoms with E-state index in [1.165, 1.54) is 0 Å². The van der Waals surface area contributed by atoms with Crippen molar-refractivity contribution >= 4 is 17.3 Å². The maximum absolute atomic E-state index is 12.0. The number of carbonyl (C=O) groups excluding carboxylic acids is 1. The lowest BCUT2D eigenvalue weighted by Gasteiger charge is -2.09. The third-order valence-corrected chi connectivity index (χ3v) is 3.30. The van der Waals surface area contributed by atoms with E-state index in [1.54, 1.807) is 57.5 Å². The molecule has 2 aromatic carbocycles. The molecule has 120 valence electrons. The number of methoxy groups -OCH3 is 2. The van der Waals surface area contributed by atoms with E-state index < -0.39 is 0 Å². The minimum Gasteiger partial charge on any atom is -0.493 e. The summed E-state index contributed by atoms with van der Waals surface area (Å²) < 4.78 is 10.4. The van der Waals surface area contributed by atoms with Gasteiger partial charge >= 0.3 is 0 Å². The van der Waals surface area contributed by atoms with E-state index in [1.807, 2.05) is 6.07 Å². The lowest BCUT2D eigenvalue weighted by Crippen LogP contribution is -2.19. The third kappa shape index (κ3) is 4.00. The Balaban J connectivity index is 2.13. The maximum Gasteiger partial charge on any atom is 0.271 e. The fraction of sp³-hybridized carbons (Fsp3) is 0.176. The van der Waals surface area contributed by atoms with Gasteiger partial charge in [0.2, 0.25) is 0 Å². The number of hydrazone groups is 1. The molecule has 0 heterocycles. The average molecular weight is 313 g/mol. The van der Waals surface area contributed by atoms with Crippen LogP contribution in [0.1, 0.15) is 22.8 Å². The molecule has 0 unspecified atom stereocenters. The predicted octanol–water partition coefficient (Wildman–Crippen LogP) is 2.44. The van der Waals surface area contributed by atoms with Crippen molar-refractivity contribution in [1.29, 1.82) is 0 Å². The van der Waals surface area contributed by atoms with E-state index in [0.717, 1.165) is 5.56 Å². The first-order valence-corrected chi connectivity index (χ1v) is 6.97. The molecule has 0 aliphatic rings. The second kappa shape index (κ2) is 7.31. The summed E-state index contributed by atoms with van der Waals surface area (Å²) in [5.74, 6) is 0.934. The molecule has 0 atom stereocenters. The summed E-state index contributed by atoms with van der Waals surface area (Å²) in [6.45, 7) is 1.80. The van der Waals surface area contributed by atoms with Crippen LogP contribution in [0, 0.1) is 0 Å². The quantitative estimate of drug-likeness (QED) is 0.504. The highest BCUT2D eigenvalue weighted by atomic mass is 16.5. The van der Waals surface area contributed by atoms with Crippen LogP contribution in [0.4, 0.5) is 5.69 Å². The molecule has 0 aromatic heterocycles. The van der Waals surface area contributed by atoms with Gasteiger partial charge in [0.1, 0.15) is 0 Å². The lowest BCUT2D eigenvalue weighted by atomic mass is 10.1. The van der Waals surface area contributed by atoms with Gasteiger partial charge in [0.05, 0.1) is 19.9 Å². The molecule has 6 nitrogen and oxygen atoms in total. The van der Waals surface area contributed by atoms with Gasteiger partial charge < -0.3 is 15.2 Å². The van der Waals surface area contributed by atoms with E-state index in [9.17, 15) is 4.79 Å². The first kappa shape index (κ1) is 16.4. The molecule has 0 bridgehead atoms. The first-order valence-electron chi connectivity index (χ1n) is 6.97. The number of rotatable bonds is 5. The second-order valence-electron chi connectivity index (χ2n) is 4.83. The molecular formula is C17H19N3O3. The van der Waals surface area contributed by atoms with Gasteiger partial charge in [-0.1, -0.05) is 0 Å². The van der Waals surface area contributed by atoms with Gasteiger partial charge in [-0.05, 0) is 49.4 Å². The van der Waals surface area contributed by atoms with Crippen LogP contribution in [-0.2, 0) is 0 Å². The molecule has 6 heteroatoms. The number of hydrogen-bond acceptors (Lipinski definition) is 5. The van der Waals surface area contributed by atoms with Gasteiger partial charge in [-0.15, -0.1) is 0 Å². The molecule has 2 aromatic rings. The smallest absolute Gasteiger partial charge is 0.271 e. The van der Waals surface area contributed by atoms with Crippen LogP contribution < -0.4 is 20.6 Å². The standard InChI is InChI=1S/C17H19N3O3/c1-11(13-6-9-15(22-2)16(10-13)23-3)19-20-17(21)12-4-7-14(18)8-5-12/h4-10H,18H2,1-3H3,(H,20,21)/b19-11+. The Bertz CT molecular complexity index is 724.